The number of rotatable bonds is 2. The van der Waals surface area contributed by atoms with E-state index in [2.05, 4.69) is 27.0 Å². The summed E-state index contributed by atoms with van der Waals surface area (Å²) in [5, 5.41) is 0. The second kappa shape index (κ2) is 4.31. The molecule has 0 aliphatic rings. The summed E-state index contributed by atoms with van der Waals surface area (Å²) in [6.07, 6.45) is 1.70. The number of nitrogens with two attached hydrogens (primary N) is 1. The highest BCUT2D eigenvalue weighted by molar-refractivity contribution is 5.83. The summed E-state index contributed by atoms with van der Waals surface area (Å²) in [7, 11) is 2.01. The Morgan fingerprint density at radius 3 is 2.79 bits per heavy atom. The van der Waals surface area contributed by atoms with Gasteiger partial charge in [-0.2, -0.15) is 0 Å². The summed E-state index contributed by atoms with van der Waals surface area (Å²) in [5.74, 6) is 0. The number of H-pyrrole nitrogens is 1. The van der Waals surface area contributed by atoms with Gasteiger partial charge in [0.25, 0.3) is 0 Å². The second-order valence-corrected chi connectivity index (χ2v) is 4.73. The number of hydrogen-bond donors (Lipinski definition) is 2. The summed E-state index contributed by atoms with van der Waals surface area (Å²) < 4.78 is 0. The van der Waals surface area contributed by atoms with E-state index in [0.29, 0.717) is 0 Å². The molecule has 0 aliphatic carbocycles. The van der Waals surface area contributed by atoms with Crippen molar-refractivity contribution in [3.05, 3.63) is 48.3 Å². The van der Waals surface area contributed by atoms with Gasteiger partial charge in [-0.15, -0.1) is 0 Å². The Balaban J connectivity index is 2.04. The van der Waals surface area contributed by atoms with Crippen molar-refractivity contribution in [3.63, 3.8) is 0 Å². The Hall–Kier alpha value is -2.49. The first-order chi connectivity index (χ1) is 9.15. The number of benzene rings is 2. The lowest BCUT2D eigenvalue weighted by molar-refractivity contribution is 1.21. The largest absolute Gasteiger partial charge is 0.397 e. The first kappa shape index (κ1) is 11.6. The fourth-order valence-corrected chi connectivity index (χ4v) is 2.25. The van der Waals surface area contributed by atoms with Crippen molar-refractivity contribution in [2.75, 3.05) is 17.7 Å². The molecule has 96 valence electrons. The van der Waals surface area contributed by atoms with Crippen LogP contribution in [0.25, 0.3) is 11.0 Å². The average Bonchev–Trinajstić information content (AvgIpc) is 2.85. The number of aromatic amines is 1. The zero-order valence-corrected chi connectivity index (χ0v) is 11.0. The van der Waals surface area contributed by atoms with E-state index in [9.17, 15) is 0 Å². The van der Waals surface area contributed by atoms with Gasteiger partial charge < -0.3 is 15.6 Å². The molecule has 3 aromatic rings. The molecular formula is C15H16N4. The van der Waals surface area contributed by atoms with E-state index in [-0.39, 0.29) is 0 Å². The molecule has 1 heterocycles. The van der Waals surface area contributed by atoms with E-state index in [1.165, 1.54) is 5.56 Å². The van der Waals surface area contributed by atoms with E-state index in [0.717, 1.165) is 28.1 Å². The zero-order valence-electron chi connectivity index (χ0n) is 11.0. The molecule has 1 aromatic heterocycles. The summed E-state index contributed by atoms with van der Waals surface area (Å²) in [6.45, 7) is 2.04. The van der Waals surface area contributed by atoms with Crippen LogP contribution in [0.2, 0.25) is 0 Å². The quantitative estimate of drug-likeness (QED) is 0.688. The van der Waals surface area contributed by atoms with E-state index in [1.54, 1.807) is 6.33 Å². The summed E-state index contributed by atoms with van der Waals surface area (Å²) >= 11 is 0. The Morgan fingerprint density at radius 1 is 1.16 bits per heavy atom. The molecule has 3 N–H and O–H groups in total. The van der Waals surface area contributed by atoms with Crippen molar-refractivity contribution in [1.29, 1.82) is 0 Å². The van der Waals surface area contributed by atoms with Crippen molar-refractivity contribution < 1.29 is 0 Å². The molecule has 0 aliphatic heterocycles. The van der Waals surface area contributed by atoms with Crippen LogP contribution >= 0.6 is 0 Å². The van der Waals surface area contributed by atoms with Crippen LogP contribution in [-0.2, 0) is 0 Å². The van der Waals surface area contributed by atoms with Gasteiger partial charge in [0.05, 0.1) is 28.7 Å². The van der Waals surface area contributed by atoms with Crippen molar-refractivity contribution in [1.82, 2.24) is 9.97 Å². The Kier molecular flexibility index (Phi) is 2.63. The van der Waals surface area contributed by atoms with Crippen molar-refractivity contribution >= 4 is 28.1 Å². The van der Waals surface area contributed by atoms with Gasteiger partial charge in [0, 0.05) is 12.7 Å². The molecule has 0 unspecified atom stereocenters. The van der Waals surface area contributed by atoms with Crippen LogP contribution in [0.1, 0.15) is 5.56 Å². The van der Waals surface area contributed by atoms with Gasteiger partial charge in [-0.1, -0.05) is 6.07 Å². The summed E-state index contributed by atoms with van der Waals surface area (Å²) in [4.78, 5) is 9.42. The van der Waals surface area contributed by atoms with E-state index >= 15 is 0 Å². The zero-order chi connectivity index (χ0) is 13.4. The molecule has 4 nitrogen and oxygen atoms in total. The highest BCUT2D eigenvalue weighted by Gasteiger charge is 2.08. The fraction of sp³-hybridized carbons (Fsp3) is 0.133. The third-order valence-electron chi connectivity index (χ3n) is 3.34. The molecule has 4 heteroatoms. The normalized spacial score (nSPS) is 10.8. The standard InChI is InChI=1S/C15H16N4/c1-10-3-6-15(12(16)7-10)19(2)11-4-5-13-14(8-11)18-9-17-13/h3-9H,16H2,1-2H3,(H,17,18). The number of aromatic nitrogens is 2. The van der Waals surface area contributed by atoms with Crippen LogP contribution in [0.5, 0.6) is 0 Å². The molecule has 0 amide bonds. The third kappa shape index (κ3) is 2.01. The highest BCUT2D eigenvalue weighted by Crippen LogP contribution is 2.30. The molecule has 0 saturated heterocycles. The van der Waals surface area contributed by atoms with Crippen molar-refractivity contribution in [2.24, 2.45) is 0 Å². The second-order valence-electron chi connectivity index (χ2n) is 4.73. The number of nitrogens with one attached hydrogen (secondary N) is 1. The minimum Gasteiger partial charge on any atom is -0.397 e. The van der Waals surface area contributed by atoms with Crippen LogP contribution in [0.4, 0.5) is 17.1 Å². The van der Waals surface area contributed by atoms with Gasteiger partial charge in [0.2, 0.25) is 0 Å². The van der Waals surface area contributed by atoms with Crippen LogP contribution in [0, 0.1) is 6.92 Å². The molecule has 19 heavy (non-hydrogen) atoms. The molecule has 0 fully saturated rings. The van der Waals surface area contributed by atoms with Gasteiger partial charge in [-0.05, 0) is 42.8 Å². The molecular weight excluding hydrogens is 236 g/mol. The average molecular weight is 252 g/mol. The molecule has 0 atom stereocenters. The van der Waals surface area contributed by atoms with E-state index in [4.69, 9.17) is 5.73 Å². The Morgan fingerprint density at radius 2 is 2.00 bits per heavy atom. The van der Waals surface area contributed by atoms with Gasteiger partial charge in [-0.3, -0.25) is 0 Å². The molecule has 0 saturated carbocycles. The topological polar surface area (TPSA) is 57.9 Å². The maximum atomic E-state index is 6.09. The first-order valence-corrected chi connectivity index (χ1v) is 6.18. The smallest absolute Gasteiger partial charge is 0.0931 e. The highest BCUT2D eigenvalue weighted by atomic mass is 15.1. The first-order valence-electron chi connectivity index (χ1n) is 6.18. The lowest BCUT2D eigenvalue weighted by Gasteiger charge is -2.21. The summed E-state index contributed by atoms with van der Waals surface area (Å²) in [5.41, 5.74) is 12.1. The van der Waals surface area contributed by atoms with E-state index in [1.807, 2.05) is 38.2 Å². The number of anilines is 3. The Bertz CT molecular complexity index is 730. The van der Waals surface area contributed by atoms with E-state index < -0.39 is 0 Å². The molecule has 0 bridgehead atoms. The number of imidazole rings is 1. The number of aryl methyl sites for hydroxylation is 1. The lowest BCUT2D eigenvalue weighted by atomic mass is 10.1. The maximum absolute atomic E-state index is 6.09. The monoisotopic (exact) mass is 252 g/mol. The SMILES string of the molecule is Cc1ccc(N(C)c2ccc3nc[nH]c3c2)c(N)c1. The third-order valence-corrected chi connectivity index (χ3v) is 3.34. The number of nitrogens with zero attached hydrogens (tertiary/aromatic N) is 2. The van der Waals surface area contributed by atoms with Crippen LogP contribution in [-0.4, -0.2) is 17.0 Å². The number of fused-ring (bicyclic) bond motifs is 1. The van der Waals surface area contributed by atoms with Crippen molar-refractivity contribution in [3.8, 4) is 0 Å². The summed E-state index contributed by atoms with van der Waals surface area (Å²) in [6, 6.07) is 12.2. The predicted octanol–water partition coefficient (Wildman–Crippen LogP) is 3.22. The molecule has 0 spiro atoms. The molecule has 3 rings (SSSR count). The van der Waals surface area contributed by atoms with Gasteiger partial charge in [-0.25, -0.2) is 4.98 Å². The number of hydrogen-bond acceptors (Lipinski definition) is 3. The molecule has 0 radical (unpaired) electrons. The minimum atomic E-state index is 0.784. The number of nitrogen functional groups attached to an aromatic ring is 1. The predicted molar refractivity (Wildman–Crippen MR) is 79.7 cm³/mol. The fourth-order valence-electron chi connectivity index (χ4n) is 2.25. The lowest BCUT2D eigenvalue weighted by Crippen LogP contribution is -2.11. The molecule has 2 aromatic carbocycles. The van der Waals surface area contributed by atoms with Crippen molar-refractivity contribution in [2.45, 2.75) is 6.92 Å². The van der Waals surface area contributed by atoms with Gasteiger partial charge in [0.15, 0.2) is 0 Å². The van der Waals surface area contributed by atoms with Gasteiger partial charge >= 0.3 is 0 Å². The minimum absolute atomic E-state index is 0.784. The van der Waals surface area contributed by atoms with Crippen LogP contribution < -0.4 is 10.6 Å². The maximum Gasteiger partial charge on any atom is 0.0931 e. The van der Waals surface area contributed by atoms with Gasteiger partial charge in [0.1, 0.15) is 0 Å². The van der Waals surface area contributed by atoms with Crippen LogP contribution in [0.15, 0.2) is 42.7 Å². The van der Waals surface area contributed by atoms with Crippen LogP contribution in [0.3, 0.4) is 0 Å². The Labute approximate surface area is 111 Å².